The quantitative estimate of drug-likeness (QED) is 0.111. The summed E-state index contributed by atoms with van der Waals surface area (Å²) in [5, 5.41) is 2.84. The number of carbonyl (C=O) groups excluding carboxylic acids is 1. The number of anilines is 1. The normalized spacial score (nSPS) is 21.2. The van der Waals surface area contributed by atoms with Crippen LogP contribution in [0.2, 0.25) is 0 Å². The van der Waals surface area contributed by atoms with Crippen molar-refractivity contribution < 1.29 is 37.9 Å². The second-order valence-electron chi connectivity index (χ2n) is 12.8. The molecule has 6 aromatic rings. The van der Waals surface area contributed by atoms with Gasteiger partial charge in [0.1, 0.15) is 41.2 Å². The standard InChI is InChI=1S/C39H36N5O8PS/c1-47-29-17-13-27(14-18-29)39(26-11-7-4-8-12-26,28-15-19-30(48-2)20-16-28)50-22-38-21-49-32(33(38)52-53(46)54)37(51-38)44-24-42-31-34(40-23-41-35(31)44)43-36(45)25-9-5-3-6-10-25/h3-20,23-24,32-33,37,53H,21-22H2,1-2H3,(H,46,54)(H,40,41,43,45)/t32?,33?,37-,38-/m1/s1. The second kappa shape index (κ2) is 15.0. The summed E-state index contributed by atoms with van der Waals surface area (Å²) in [5.74, 6) is 1.28. The van der Waals surface area contributed by atoms with E-state index in [1.165, 1.54) is 6.33 Å². The van der Waals surface area contributed by atoms with Crippen molar-refractivity contribution in [1.82, 2.24) is 19.5 Å². The second-order valence-corrected chi connectivity index (χ2v) is 14.6. The Bertz CT molecular complexity index is 2230. The van der Waals surface area contributed by atoms with Gasteiger partial charge >= 0.3 is 0 Å². The molecule has 0 spiro atoms. The molecule has 2 N–H and O–H groups in total. The lowest BCUT2D eigenvalue weighted by Gasteiger charge is -2.40. The first-order valence-electron chi connectivity index (χ1n) is 17.1. The molecule has 2 fully saturated rings. The lowest BCUT2D eigenvalue weighted by atomic mass is 9.79. The Balaban J connectivity index is 1.18. The number of imidazole rings is 1. The smallest absolute Gasteiger partial charge is 0.256 e. The van der Waals surface area contributed by atoms with Gasteiger partial charge in [0.2, 0.25) is 0 Å². The van der Waals surface area contributed by atoms with Crippen molar-refractivity contribution in [3.63, 3.8) is 0 Å². The maximum atomic E-state index is 13.0. The summed E-state index contributed by atoms with van der Waals surface area (Å²) in [6.07, 6.45) is 0.564. The van der Waals surface area contributed by atoms with Crippen molar-refractivity contribution in [3.05, 3.63) is 144 Å². The van der Waals surface area contributed by atoms with Crippen LogP contribution in [0.15, 0.2) is 122 Å². The lowest BCUT2D eigenvalue weighted by Crippen LogP contribution is -2.48. The molecule has 2 bridgehead atoms. The van der Waals surface area contributed by atoms with Gasteiger partial charge in [0.25, 0.3) is 5.91 Å². The highest BCUT2D eigenvalue weighted by molar-refractivity contribution is 8.00. The van der Waals surface area contributed by atoms with E-state index in [-0.39, 0.29) is 24.9 Å². The van der Waals surface area contributed by atoms with Crippen LogP contribution in [0.3, 0.4) is 0 Å². The molecule has 0 radical (unpaired) electrons. The van der Waals surface area contributed by atoms with E-state index in [4.69, 9.17) is 40.0 Å². The highest BCUT2D eigenvalue weighted by Crippen LogP contribution is 2.51. The third kappa shape index (κ3) is 6.45. The Morgan fingerprint density at radius 2 is 1.52 bits per heavy atom. The van der Waals surface area contributed by atoms with Crippen LogP contribution < -0.4 is 14.8 Å². The Kier molecular flexibility index (Phi) is 9.99. The minimum atomic E-state index is -2.64. The van der Waals surface area contributed by atoms with Gasteiger partial charge in [0.15, 0.2) is 30.4 Å². The molecular weight excluding hydrogens is 729 g/mol. The number of carbonyl (C=O) groups is 1. The molecule has 54 heavy (non-hydrogen) atoms. The topological polar surface area (TPSA) is 148 Å². The minimum Gasteiger partial charge on any atom is -0.497 e. The maximum absolute atomic E-state index is 13.0. The number of hydrogen-bond donors (Lipinski definition) is 2. The van der Waals surface area contributed by atoms with Gasteiger partial charge in [0.05, 0.1) is 33.8 Å². The molecule has 0 saturated carbocycles. The summed E-state index contributed by atoms with van der Waals surface area (Å²) in [6, 6.07) is 34.1. The van der Waals surface area contributed by atoms with E-state index in [0.717, 1.165) is 16.7 Å². The monoisotopic (exact) mass is 765 g/mol. The molecule has 2 saturated heterocycles. The van der Waals surface area contributed by atoms with Gasteiger partial charge in [-0.3, -0.25) is 9.36 Å². The number of amides is 1. The number of methoxy groups -OCH3 is 2. The van der Waals surface area contributed by atoms with Crippen molar-refractivity contribution in [2.75, 3.05) is 32.8 Å². The minimum absolute atomic E-state index is 0.0396. The van der Waals surface area contributed by atoms with E-state index in [2.05, 4.69) is 20.3 Å². The summed E-state index contributed by atoms with van der Waals surface area (Å²) >= 11 is 5.23. The third-order valence-corrected chi connectivity index (χ3v) is 10.6. The fourth-order valence-corrected chi connectivity index (χ4v) is 8.08. The van der Waals surface area contributed by atoms with Crippen LogP contribution in [0.5, 0.6) is 11.5 Å². The molecular formula is C39H36N5O8PS. The summed E-state index contributed by atoms with van der Waals surface area (Å²) in [7, 11) is 0.602. The van der Waals surface area contributed by atoms with E-state index in [0.29, 0.717) is 28.2 Å². The van der Waals surface area contributed by atoms with Gasteiger partial charge in [-0.15, -0.1) is 0 Å². The molecule has 4 heterocycles. The molecule has 276 valence electrons. The van der Waals surface area contributed by atoms with E-state index < -0.39 is 36.8 Å². The van der Waals surface area contributed by atoms with E-state index in [1.54, 1.807) is 49.4 Å². The SMILES string of the molecule is COc1ccc(C(OC[C@]23COC(C2O[PH](O)=S)[C@H](n2cnc4c(NC(=O)c5ccccc5)ncnc42)O3)(c2ccccc2)c2ccc(OC)cc2)cc1. The van der Waals surface area contributed by atoms with Gasteiger partial charge in [-0.2, -0.15) is 0 Å². The molecule has 5 atom stereocenters. The van der Waals surface area contributed by atoms with Crippen LogP contribution >= 0.6 is 7.15 Å². The number of nitrogens with one attached hydrogen (secondary N) is 1. The first-order valence-corrected chi connectivity index (χ1v) is 19.6. The summed E-state index contributed by atoms with van der Waals surface area (Å²) in [4.78, 5) is 36.9. The lowest BCUT2D eigenvalue weighted by molar-refractivity contribution is -0.201. The molecule has 2 aliphatic heterocycles. The van der Waals surface area contributed by atoms with Gasteiger partial charge < -0.3 is 38.4 Å². The van der Waals surface area contributed by atoms with Crippen molar-refractivity contribution in [2.45, 2.75) is 29.6 Å². The zero-order valence-electron chi connectivity index (χ0n) is 29.2. The molecule has 2 aliphatic rings. The maximum Gasteiger partial charge on any atom is 0.256 e. The number of rotatable bonds is 13. The number of ether oxygens (including phenoxy) is 5. The average molecular weight is 766 g/mol. The van der Waals surface area contributed by atoms with Crippen LogP contribution in [0, 0.1) is 0 Å². The summed E-state index contributed by atoms with van der Waals surface area (Å²) < 4.78 is 39.3. The summed E-state index contributed by atoms with van der Waals surface area (Å²) in [6.45, 7) is 0.0570. The molecule has 1 amide bonds. The van der Waals surface area contributed by atoms with Gasteiger partial charge in [-0.1, -0.05) is 72.8 Å². The molecule has 0 aliphatic carbocycles. The predicted molar refractivity (Wildman–Crippen MR) is 203 cm³/mol. The molecule has 2 aromatic heterocycles. The Labute approximate surface area is 316 Å². The van der Waals surface area contributed by atoms with Crippen molar-refractivity contribution >= 4 is 41.8 Å². The first-order chi connectivity index (χ1) is 26.3. The highest BCUT2D eigenvalue weighted by atomic mass is 32.4. The Morgan fingerprint density at radius 3 is 2.13 bits per heavy atom. The first kappa shape index (κ1) is 36.0. The van der Waals surface area contributed by atoms with Crippen molar-refractivity contribution in [3.8, 4) is 11.5 Å². The average Bonchev–Trinajstić information content (AvgIpc) is 3.89. The van der Waals surface area contributed by atoms with Crippen molar-refractivity contribution in [2.24, 2.45) is 0 Å². The Hall–Kier alpha value is -5.05. The number of hydrogen-bond acceptors (Lipinski definition) is 11. The molecule has 4 aromatic carbocycles. The van der Waals surface area contributed by atoms with Gasteiger partial charge in [-0.05, 0) is 64.9 Å². The van der Waals surface area contributed by atoms with Crippen LogP contribution in [0.1, 0.15) is 33.3 Å². The summed E-state index contributed by atoms with van der Waals surface area (Å²) in [5.41, 5.74) is 1.35. The van der Waals surface area contributed by atoms with Gasteiger partial charge in [-0.25, -0.2) is 15.0 Å². The molecule has 8 rings (SSSR count). The highest BCUT2D eigenvalue weighted by Gasteiger charge is 2.64. The molecule has 13 nitrogen and oxygen atoms in total. The number of benzene rings is 4. The van der Waals surface area contributed by atoms with Crippen LogP contribution in [-0.2, 0) is 36.1 Å². The van der Waals surface area contributed by atoms with Gasteiger partial charge in [0, 0.05) is 5.56 Å². The van der Waals surface area contributed by atoms with E-state index in [1.807, 2.05) is 84.9 Å². The number of nitrogens with zero attached hydrogens (tertiary/aromatic N) is 4. The molecule has 3 unspecified atom stereocenters. The fraction of sp³-hybridized carbons (Fsp3) is 0.231. The van der Waals surface area contributed by atoms with E-state index in [9.17, 15) is 9.69 Å². The fourth-order valence-electron chi connectivity index (χ4n) is 7.21. The number of aromatic nitrogens is 4. The van der Waals surface area contributed by atoms with Crippen molar-refractivity contribution in [1.29, 1.82) is 0 Å². The Morgan fingerprint density at radius 1 is 0.907 bits per heavy atom. The van der Waals surface area contributed by atoms with Crippen LogP contribution in [-0.4, -0.2) is 75.6 Å². The number of fused-ring (bicyclic) bond motifs is 3. The largest absolute Gasteiger partial charge is 0.497 e. The predicted octanol–water partition coefficient (Wildman–Crippen LogP) is 5.65. The third-order valence-electron chi connectivity index (χ3n) is 9.81. The van der Waals surface area contributed by atoms with E-state index >= 15 is 0 Å². The molecule has 15 heteroatoms. The zero-order valence-corrected chi connectivity index (χ0v) is 31.0. The zero-order chi connectivity index (χ0) is 37.3. The van der Waals surface area contributed by atoms with Crippen LogP contribution in [0.4, 0.5) is 5.82 Å². The van der Waals surface area contributed by atoms with Crippen LogP contribution in [0.25, 0.3) is 11.2 Å².